The Balaban J connectivity index is 1.06. The number of carbonyl (C=O) groups is 2. The van der Waals surface area contributed by atoms with Gasteiger partial charge in [-0.1, -0.05) is 86.8 Å². The molecule has 0 saturated heterocycles. The van der Waals surface area contributed by atoms with Gasteiger partial charge in [0.1, 0.15) is 18.1 Å². The van der Waals surface area contributed by atoms with Crippen molar-refractivity contribution in [3.05, 3.63) is 108 Å². The standard InChI is InChI=1S/C37H36N6O4S3/c1-37(2,3)24-14-17-27(18-15-24)47-21-32-41-42-35(43(32)26-10-6-5-7-11-26)48-22-33(44)38-25-16-19-29-31(20-25)50-36(40-29)49-23-34(45)39-28-12-8-9-13-30(28)46-4/h5-20H,21-23H2,1-4H3,(H,38,44)(H,39,45). The number of nitrogens with one attached hydrogen (secondary N) is 2. The third-order valence-electron chi connectivity index (χ3n) is 7.50. The van der Waals surface area contributed by atoms with Gasteiger partial charge < -0.3 is 20.1 Å². The molecular weight excluding hydrogens is 689 g/mol. The predicted octanol–water partition coefficient (Wildman–Crippen LogP) is 8.22. The van der Waals surface area contributed by atoms with Crippen LogP contribution in [0.2, 0.25) is 0 Å². The number of amides is 2. The Kier molecular flexibility index (Phi) is 11.1. The van der Waals surface area contributed by atoms with Crippen LogP contribution in [0.4, 0.5) is 11.4 Å². The van der Waals surface area contributed by atoms with Crippen molar-refractivity contribution in [3.63, 3.8) is 0 Å². The van der Waals surface area contributed by atoms with Crippen LogP contribution in [-0.4, -0.2) is 50.2 Å². The van der Waals surface area contributed by atoms with Crippen LogP contribution in [0.25, 0.3) is 15.9 Å². The molecule has 0 atom stereocenters. The van der Waals surface area contributed by atoms with Gasteiger partial charge in [-0.2, -0.15) is 0 Å². The number of thiazole rings is 1. The maximum absolute atomic E-state index is 13.1. The van der Waals surface area contributed by atoms with E-state index < -0.39 is 0 Å². The Morgan fingerprint density at radius 2 is 1.56 bits per heavy atom. The zero-order chi connectivity index (χ0) is 35.1. The van der Waals surface area contributed by atoms with Crippen molar-refractivity contribution in [1.29, 1.82) is 0 Å². The first-order chi connectivity index (χ1) is 24.2. The van der Waals surface area contributed by atoms with E-state index in [1.54, 1.807) is 19.2 Å². The van der Waals surface area contributed by atoms with E-state index in [9.17, 15) is 9.59 Å². The number of rotatable bonds is 13. The third-order valence-corrected chi connectivity index (χ3v) is 10.6. The molecule has 0 aliphatic heterocycles. The van der Waals surface area contributed by atoms with E-state index in [0.717, 1.165) is 26.0 Å². The first kappa shape index (κ1) is 35.0. The van der Waals surface area contributed by atoms with E-state index in [1.807, 2.05) is 77.4 Å². The highest BCUT2D eigenvalue weighted by atomic mass is 32.2. The average molecular weight is 725 g/mol. The highest BCUT2D eigenvalue weighted by Crippen LogP contribution is 2.32. The quantitative estimate of drug-likeness (QED) is 0.114. The van der Waals surface area contributed by atoms with Gasteiger partial charge in [-0.05, 0) is 65.6 Å². The molecule has 0 radical (unpaired) electrons. The summed E-state index contributed by atoms with van der Waals surface area (Å²) in [5.41, 5.74) is 4.24. The molecule has 6 aromatic rings. The lowest BCUT2D eigenvalue weighted by Gasteiger charge is -2.19. The van der Waals surface area contributed by atoms with E-state index in [2.05, 4.69) is 58.7 Å². The fourth-order valence-corrected chi connectivity index (χ4v) is 7.63. The minimum Gasteiger partial charge on any atom is -0.495 e. The highest BCUT2D eigenvalue weighted by molar-refractivity contribution is 8.01. The predicted molar refractivity (Wildman–Crippen MR) is 202 cm³/mol. The van der Waals surface area contributed by atoms with Gasteiger partial charge >= 0.3 is 0 Å². The largest absolute Gasteiger partial charge is 0.495 e. The maximum atomic E-state index is 13.1. The molecule has 4 aromatic carbocycles. The van der Waals surface area contributed by atoms with Gasteiger partial charge in [0.2, 0.25) is 11.8 Å². The Labute approximate surface area is 303 Å². The number of thioether (sulfide) groups is 2. The highest BCUT2D eigenvalue weighted by Gasteiger charge is 2.18. The van der Waals surface area contributed by atoms with Crippen LogP contribution in [0.15, 0.2) is 107 Å². The molecule has 6 rings (SSSR count). The Bertz CT molecular complexity index is 2090. The van der Waals surface area contributed by atoms with Crippen LogP contribution >= 0.6 is 34.9 Å². The lowest BCUT2D eigenvalue weighted by molar-refractivity contribution is -0.114. The monoisotopic (exact) mass is 724 g/mol. The van der Waals surface area contributed by atoms with Gasteiger partial charge in [0, 0.05) is 11.4 Å². The summed E-state index contributed by atoms with van der Waals surface area (Å²) in [7, 11) is 1.57. The molecule has 0 unspecified atom stereocenters. The zero-order valence-corrected chi connectivity index (χ0v) is 30.5. The number of aromatic nitrogens is 4. The number of fused-ring (bicyclic) bond motifs is 1. The maximum Gasteiger partial charge on any atom is 0.234 e. The van der Waals surface area contributed by atoms with E-state index in [0.29, 0.717) is 28.1 Å². The number of nitrogens with zero attached hydrogens (tertiary/aromatic N) is 4. The summed E-state index contributed by atoms with van der Waals surface area (Å²) in [6.45, 7) is 6.75. The van der Waals surface area contributed by atoms with Crippen molar-refractivity contribution < 1.29 is 19.1 Å². The molecular formula is C37H36N6O4S3. The number of anilines is 2. The van der Waals surface area contributed by atoms with E-state index in [1.165, 1.54) is 40.4 Å². The molecule has 0 aliphatic rings. The molecule has 0 aliphatic carbocycles. The number of para-hydroxylation sites is 3. The molecule has 13 heteroatoms. The zero-order valence-electron chi connectivity index (χ0n) is 28.0. The summed E-state index contributed by atoms with van der Waals surface area (Å²) in [6.07, 6.45) is 0. The fraction of sp³-hybridized carbons (Fsp3) is 0.216. The molecule has 256 valence electrons. The number of hydrogen-bond acceptors (Lipinski definition) is 10. The molecule has 0 saturated carbocycles. The van der Waals surface area contributed by atoms with Crippen molar-refractivity contribution in [2.24, 2.45) is 0 Å². The number of carbonyl (C=O) groups excluding carboxylic acids is 2. The van der Waals surface area contributed by atoms with Gasteiger partial charge in [-0.3, -0.25) is 14.2 Å². The van der Waals surface area contributed by atoms with Gasteiger partial charge in [0.05, 0.1) is 34.5 Å². The van der Waals surface area contributed by atoms with Crippen molar-refractivity contribution in [2.75, 3.05) is 29.2 Å². The number of ether oxygens (including phenoxy) is 2. The summed E-state index contributed by atoms with van der Waals surface area (Å²) in [6, 6.07) is 30.7. The number of benzene rings is 4. The Morgan fingerprint density at radius 3 is 2.32 bits per heavy atom. The van der Waals surface area contributed by atoms with Crippen LogP contribution in [-0.2, 0) is 21.6 Å². The smallest absolute Gasteiger partial charge is 0.234 e. The van der Waals surface area contributed by atoms with Crippen LogP contribution in [0.3, 0.4) is 0 Å². The molecule has 2 aromatic heterocycles. The van der Waals surface area contributed by atoms with Crippen molar-refractivity contribution in [2.45, 2.75) is 42.3 Å². The first-order valence-electron chi connectivity index (χ1n) is 15.8. The second-order valence-corrected chi connectivity index (χ2v) is 15.4. The van der Waals surface area contributed by atoms with Crippen LogP contribution < -0.4 is 20.1 Å². The van der Waals surface area contributed by atoms with E-state index in [-0.39, 0.29) is 35.3 Å². The van der Waals surface area contributed by atoms with Gasteiger partial charge in [0.25, 0.3) is 0 Å². The minimum absolute atomic E-state index is 0.0563. The SMILES string of the molecule is COc1ccccc1NC(=O)CSc1nc2ccc(NC(=O)CSc3nnc(COc4ccc(C(C)(C)C)cc4)n3-c3ccccc3)cc2s1. The van der Waals surface area contributed by atoms with Crippen LogP contribution in [0.1, 0.15) is 32.2 Å². The molecule has 50 heavy (non-hydrogen) atoms. The minimum atomic E-state index is -0.180. The lowest BCUT2D eigenvalue weighted by atomic mass is 9.87. The molecule has 10 nitrogen and oxygen atoms in total. The molecule has 2 N–H and O–H groups in total. The molecule has 0 spiro atoms. The summed E-state index contributed by atoms with van der Waals surface area (Å²) in [5.74, 6) is 1.96. The summed E-state index contributed by atoms with van der Waals surface area (Å²) in [5, 5.41) is 15.3. The summed E-state index contributed by atoms with van der Waals surface area (Å²) >= 11 is 4.12. The number of methoxy groups -OCH3 is 1. The average Bonchev–Trinajstić information content (AvgIpc) is 3.72. The topological polar surface area (TPSA) is 120 Å². The van der Waals surface area contributed by atoms with Gasteiger partial charge in [-0.25, -0.2) is 4.98 Å². The molecule has 2 heterocycles. The summed E-state index contributed by atoms with van der Waals surface area (Å²) < 4.78 is 15.0. The fourth-order valence-electron chi connectivity index (χ4n) is 4.95. The second kappa shape index (κ2) is 15.8. The lowest BCUT2D eigenvalue weighted by Crippen LogP contribution is -2.14. The second-order valence-electron chi connectivity index (χ2n) is 12.2. The number of hydrogen-bond donors (Lipinski definition) is 2. The Hall–Kier alpha value is -4.85. The van der Waals surface area contributed by atoms with Gasteiger partial charge in [0.15, 0.2) is 15.3 Å². The van der Waals surface area contributed by atoms with Crippen molar-refractivity contribution >= 4 is 68.3 Å². The van der Waals surface area contributed by atoms with E-state index >= 15 is 0 Å². The third kappa shape index (κ3) is 8.84. The molecule has 2 amide bonds. The Morgan fingerprint density at radius 1 is 0.840 bits per heavy atom. The molecule has 0 fully saturated rings. The van der Waals surface area contributed by atoms with E-state index in [4.69, 9.17) is 9.47 Å². The van der Waals surface area contributed by atoms with Gasteiger partial charge in [-0.15, -0.1) is 21.5 Å². The normalized spacial score (nSPS) is 11.4. The summed E-state index contributed by atoms with van der Waals surface area (Å²) in [4.78, 5) is 30.3. The van der Waals surface area contributed by atoms with Crippen molar-refractivity contribution in [1.82, 2.24) is 19.7 Å². The first-order valence-corrected chi connectivity index (χ1v) is 18.6. The molecule has 0 bridgehead atoms. The van der Waals surface area contributed by atoms with Crippen LogP contribution in [0.5, 0.6) is 11.5 Å². The van der Waals surface area contributed by atoms with Crippen LogP contribution in [0, 0.1) is 0 Å². The van der Waals surface area contributed by atoms with Crippen molar-refractivity contribution in [3.8, 4) is 17.2 Å².